The van der Waals surface area contributed by atoms with Crippen molar-refractivity contribution >= 4 is 30.7 Å². The zero-order valence-electron chi connectivity index (χ0n) is 14.6. The van der Waals surface area contributed by atoms with Crippen LogP contribution in [0.1, 0.15) is 38.3 Å². The largest absolute Gasteiger partial charge is 0.340 e. The first-order chi connectivity index (χ1) is 10.9. The second-order valence-corrected chi connectivity index (χ2v) is 6.19. The van der Waals surface area contributed by atoms with Gasteiger partial charge in [-0.25, -0.2) is 8.78 Å². The van der Waals surface area contributed by atoms with Crippen LogP contribution in [0.15, 0.2) is 18.2 Å². The van der Waals surface area contributed by atoms with Gasteiger partial charge in [-0.3, -0.25) is 9.69 Å². The summed E-state index contributed by atoms with van der Waals surface area (Å²) < 4.78 is 27.1. The molecule has 144 valence electrons. The Balaban J connectivity index is 0.00000288. The van der Waals surface area contributed by atoms with Gasteiger partial charge in [0.2, 0.25) is 5.91 Å². The molecule has 0 bridgehead atoms. The van der Waals surface area contributed by atoms with Crippen LogP contribution < -0.4 is 5.73 Å². The molecule has 0 saturated carbocycles. The summed E-state index contributed by atoms with van der Waals surface area (Å²) in [6.07, 6.45) is 1.08. The quantitative estimate of drug-likeness (QED) is 0.829. The molecule has 0 radical (unpaired) electrons. The van der Waals surface area contributed by atoms with Crippen molar-refractivity contribution in [1.82, 2.24) is 9.80 Å². The molecule has 1 aliphatic heterocycles. The number of hydrogen-bond acceptors (Lipinski definition) is 3. The summed E-state index contributed by atoms with van der Waals surface area (Å²) in [5.41, 5.74) is 6.19. The molecule has 0 spiro atoms. The average Bonchev–Trinajstić information content (AvgIpc) is 2.50. The number of piperazine rings is 1. The first kappa shape index (κ1) is 24.1. The number of hydrogen-bond donors (Lipinski definition) is 1. The molecule has 1 saturated heterocycles. The highest BCUT2D eigenvalue weighted by atomic mass is 35.5. The molecule has 2 unspecified atom stereocenters. The predicted octanol–water partition coefficient (Wildman–Crippen LogP) is 3.14. The van der Waals surface area contributed by atoms with Crippen LogP contribution in [0, 0.1) is 11.6 Å². The van der Waals surface area contributed by atoms with Gasteiger partial charge >= 0.3 is 0 Å². The van der Waals surface area contributed by atoms with Crippen molar-refractivity contribution in [1.29, 1.82) is 0 Å². The number of carbonyl (C=O) groups is 1. The van der Waals surface area contributed by atoms with Gasteiger partial charge in [0, 0.05) is 56.3 Å². The average molecular weight is 398 g/mol. The van der Waals surface area contributed by atoms with Crippen molar-refractivity contribution in [2.45, 2.75) is 38.8 Å². The molecule has 4 nitrogen and oxygen atoms in total. The molecule has 2 rings (SSSR count). The van der Waals surface area contributed by atoms with Gasteiger partial charge in [-0.2, -0.15) is 0 Å². The van der Waals surface area contributed by atoms with E-state index in [1.165, 1.54) is 12.1 Å². The third kappa shape index (κ3) is 6.37. The summed E-state index contributed by atoms with van der Waals surface area (Å²) in [7, 11) is 0. The van der Waals surface area contributed by atoms with Crippen LogP contribution in [-0.4, -0.2) is 47.9 Å². The molecule has 1 aromatic rings. The van der Waals surface area contributed by atoms with Crippen LogP contribution in [0.4, 0.5) is 8.78 Å². The fourth-order valence-electron chi connectivity index (χ4n) is 3.13. The fourth-order valence-corrected chi connectivity index (χ4v) is 3.13. The Morgan fingerprint density at radius 3 is 2.28 bits per heavy atom. The predicted molar refractivity (Wildman–Crippen MR) is 100 cm³/mol. The lowest BCUT2D eigenvalue weighted by Gasteiger charge is -2.39. The summed E-state index contributed by atoms with van der Waals surface area (Å²) in [5, 5.41) is 0. The highest BCUT2D eigenvalue weighted by Gasteiger charge is 2.27. The van der Waals surface area contributed by atoms with E-state index in [4.69, 9.17) is 5.73 Å². The molecule has 0 aromatic heterocycles. The number of benzene rings is 1. The number of halogens is 4. The Labute approximate surface area is 160 Å². The number of carbonyl (C=O) groups excluding carboxylic acids is 1. The number of rotatable bonds is 5. The number of nitrogens with zero attached hydrogens (tertiary/aromatic N) is 2. The van der Waals surface area contributed by atoms with E-state index in [0.29, 0.717) is 38.2 Å². The number of amides is 1. The van der Waals surface area contributed by atoms with E-state index in [1.54, 1.807) is 0 Å². The van der Waals surface area contributed by atoms with E-state index >= 15 is 0 Å². The van der Waals surface area contributed by atoms with Gasteiger partial charge < -0.3 is 10.6 Å². The zero-order chi connectivity index (χ0) is 17.0. The van der Waals surface area contributed by atoms with E-state index in [0.717, 1.165) is 12.5 Å². The van der Waals surface area contributed by atoms with Gasteiger partial charge in [0.05, 0.1) is 0 Å². The molecule has 1 aromatic carbocycles. The molecule has 1 amide bonds. The first-order valence-electron chi connectivity index (χ1n) is 8.14. The Bertz CT molecular complexity index is 553. The summed E-state index contributed by atoms with van der Waals surface area (Å²) in [6, 6.07) is 3.51. The minimum atomic E-state index is -0.563. The second-order valence-electron chi connectivity index (χ2n) is 6.19. The lowest BCUT2D eigenvalue weighted by Crippen LogP contribution is -2.50. The molecule has 0 aliphatic carbocycles. The maximum atomic E-state index is 14.0. The van der Waals surface area contributed by atoms with Gasteiger partial charge in [-0.1, -0.05) is 13.0 Å². The SMILES string of the molecule is CCC(c1ccc(F)cc1F)N1CCN(C(=O)CC(C)N)CC1.Cl.Cl. The summed E-state index contributed by atoms with van der Waals surface area (Å²) in [5.74, 6) is -1.000. The second kappa shape index (κ2) is 10.9. The van der Waals surface area contributed by atoms with Crippen molar-refractivity contribution in [3.8, 4) is 0 Å². The molecule has 2 atom stereocenters. The third-order valence-corrected chi connectivity index (χ3v) is 4.31. The molecule has 25 heavy (non-hydrogen) atoms. The van der Waals surface area contributed by atoms with Crippen LogP contribution in [-0.2, 0) is 4.79 Å². The molecule has 1 aliphatic rings. The third-order valence-electron chi connectivity index (χ3n) is 4.31. The maximum Gasteiger partial charge on any atom is 0.224 e. The minimum Gasteiger partial charge on any atom is -0.340 e. The van der Waals surface area contributed by atoms with Crippen molar-refractivity contribution in [2.75, 3.05) is 26.2 Å². The molecular weight excluding hydrogens is 371 g/mol. The Hall–Kier alpha value is -0.950. The van der Waals surface area contributed by atoms with Gasteiger partial charge in [0.15, 0.2) is 0 Å². The highest BCUT2D eigenvalue weighted by molar-refractivity contribution is 5.85. The smallest absolute Gasteiger partial charge is 0.224 e. The Morgan fingerprint density at radius 2 is 1.80 bits per heavy atom. The van der Waals surface area contributed by atoms with Gasteiger partial charge in [-0.05, 0) is 19.4 Å². The Morgan fingerprint density at radius 1 is 1.20 bits per heavy atom. The normalized spacial score (nSPS) is 17.2. The van der Waals surface area contributed by atoms with Crippen LogP contribution in [0.25, 0.3) is 0 Å². The summed E-state index contributed by atoms with van der Waals surface area (Å²) in [4.78, 5) is 16.0. The van der Waals surface area contributed by atoms with E-state index in [-0.39, 0.29) is 42.8 Å². The maximum absolute atomic E-state index is 14.0. The molecule has 8 heteroatoms. The monoisotopic (exact) mass is 397 g/mol. The minimum absolute atomic E-state index is 0. The molecule has 1 fully saturated rings. The lowest BCUT2D eigenvalue weighted by atomic mass is 10.0. The van der Waals surface area contributed by atoms with Gasteiger partial charge in [-0.15, -0.1) is 24.8 Å². The van der Waals surface area contributed by atoms with E-state index in [9.17, 15) is 13.6 Å². The first-order valence-corrected chi connectivity index (χ1v) is 8.14. The van der Waals surface area contributed by atoms with Crippen LogP contribution in [0.3, 0.4) is 0 Å². The van der Waals surface area contributed by atoms with Crippen molar-refractivity contribution in [3.63, 3.8) is 0 Å². The van der Waals surface area contributed by atoms with Gasteiger partial charge in [0.25, 0.3) is 0 Å². The van der Waals surface area contributed by atoms with Crippen LogP contribution in [0.5, 0.6) is 0 Å². The Kier molecular flexibility index (Phi) is 10.5. The van der Waals surface area contributed by atoms with Crippen LogP contribution in [0.2, 0.25) is 0 Å². The fraction of sp³-hybridized carbons (Fsp3) is 0.588. The topological polar surface area (TPSA) is 49.6 Å². The van der Waals surface area contributed by atoms with E-state index in [2.05, 4.69) is 4.90 Å². The zero-order valence-corrected chi connectivity index (χ0v) is 16.2. The summed E-state index contributed by atoms with van der Waals surface area (Å²) >= 11 is 0. The van der Waals surface area contributed by atoms with Crippen molar-refractivity contribution in [2.24, 2.45) is 5.73 Å². The molecular formula is C17H27Cl2F2N3O. The van der Waals surface area contributed by atoms with Crippen LogP contribution >= 0.6 is 24.8 Å². The highest BCUT2D eigenvalue weighted by Crippen LogP contribution is 2.28. The van der Waals surface area contributed by atoms with Crippen molar-refractivity contribution < 1.29 is 13.6 Å². The lowest BCUT2D eigenvalue weighted by molar-refractivity contribution is -0.133. The summed E-state index contributed by atoms with van der Waals surface area (Å²) in [6.45, 7) is 6.40. The number of nitrogens with two attached hydrogens (primary N) is 1. The van der Waals surface area contributed by atoms with Crippen molar-refractivity contribution in [3.05, 3.63) is 35.4 Å². The molecule has 1 heterocycles. The standard InChI is InChI=1S/C17H25F2N3O.2ClH/c1-3-16(14-5-4-13(18)11-15(14)19)21-6-8-22(9-7-21)17(23)10-12(2)20;;/h4-5,11-12,16H,3,6-10,20H2,1-2H3;2*1H. The molecule has 2 N–H and O–H groups in total. The van der Waals surface area contributed by atoms with Gasteiger partial charge in [0.1, 0.15) is 11.6 Å². The van der Waals surface area contributed by atoms with E-state index in [1.807, 2.05) is 18.7 Å². The van der Waals surface area contributed by atoms with E-state index < -0.39 is 11.6 Å².